The summed E-state index contributed by atoms with van der Waals surface area (Å²) in [7, 11) is 0. The number of benzene rings is 1. The van der Waals surface area contributed by atoms with Gasteiger partial charge in [-0.3, -0.25) is 0 Å². The van der Waals surface area contributed by atoms with Gasteiger partial charge in [-0.1, -0.05) is 96.1 Å². The molecule has 0 N–H and O–H groups in total. The monoisotopic (exact) mass is 416 g/mol. The Balaban J connectivity index is 0.000000604. The Labute approximate surface area is 183 Å². The van der Waals surface area contributed by atoms with Crippen molar-refractivity contribution in [1.29, 1.82) is 0 Å². The normalized spacial score (nSPS) is 9.83. The first-order valence-electron chi connectivity index (χ1n) is 11.1. The van der Waals surface area contributed by atoms with Gasteiger partial charge < -0.3 is 9.47 Å². The Morgan fingerprint density at radius 2 is 1.20 bits per heavy atom. The standard InChI is InChI=1S/C16H30O2.C10H10O2/c1-4-5-6-7-8-9-10-11-12-13-14-18-16(17)15(2)3;1-8(2)10(11)12-9-6-4-3-5-7-9/h2,4-14H2,1,3H3;3-7H,1H2,2H3. The van der Waals surface area contributed by atoms with E-state index in [9.17, 15) is 9.59 Å². The van der Waals surface area contributed by atoms with E-state index in [0.717, 1.165) is 6.42 Å². The number of rotatable bonds is 14. The van der Waals surface area contributed by atoms with E-state index in [1.165, 1.54) is 57.8 Å². The molecule has 1 aromatic rings. The van der Waals surface area contributed by atoms with Crippen LogP contribution in [0.5, 0.6) is 5.75 Å². The highest BCUT2D eigenvalue weighted by atomic mass is 16.5. The summed E-state index contributed by atoms with van der Waals surface area (Å²) in [5.41, 5.74) is 0.890. The van der Waals surface area contributed by atoms with Crippen molar-refractivity contribution in [3.05, 3.63) is 54.6 Å². The smallest absolute Gasteiger partial charge is 0.338 e. The third-order valence-corrected chi connectivity index (χ3v) is 4.38. The zero-order chi connectivity index (χ0) is 22.6. The molecular weight excluding hydrogens is 376 g/mol. The van der Waals surface area contributed by atoms with Gasteiger partial charge in [0, 0.05) is 11.1 Å². The minimum atomic E-state index is -0.388. The van der Waals surface area contributed by atoms with Gasteiger partial charge in [-0.2, -0.15) is 0 Å². The van der Waals surface area contributed by atoms with E-state index in [-0.39, 0.29) is 11.9 Å². The fourth-order valence-corrected chi connectivity index (χ4v) is 2.56. The molecule has 0 saturated heterocycles. The van der Waals surface area contributed by atoms with E-state index in [1.807, 2.05) is 6.07 Å². The molecule has 168 valence electrons. The van der Waals surface area contributed by atoms with Crippen LogP contribution >= 0.6 is 0 Å². The molecule has 0 spiro atoms. The summed E-state index contributed by atoms with van der Waals surface area (Å²) in [6.07, 6.45) is 13.0. The van der Waals surface area contributed by atoms with Crippen molar-refractivity contribution in [2.75, 3.05) is 6.61 Å². The number of esters is 2. The van der Waals surface area contributed by atoms with Crippen LogP contribution in [0.15, 0.2) is 54.6 Å². The molecular formula is C26H40O4. The van der Waals surface area contributed by atoms with E-state index in [1.54, 1.807) is 38.1 Å². The number of hydrogen-bond donors (Lipinski definition) is 0. The van der Waals surface area contributed by atoms with Crippen LogP contribution < -0.4 is 4.74 Å². The van der Waals surface area contributed by atoms with Gasteiger partial charge in [-0.15, -0.1) is 0 Å². The summed E-state index contributed by atoms with van der Waals surface area (Å²) < 4.78 is 9.97. The first-order chi connectivity index (χ1) is 14.4. The van der Waals surface area contributed by atoms with Gasteiger partial charge in [-0.05, 0) is 32.4 Å². The van der Waals surface area contributed by atoms with E-state index < -0.39 is 0 Å². The molecule has 30 heavy (non-hydrogen) atoms. The molecule has 0 unspecified atom stereocenters. The van der Waals surface area contributed by atoms with Crippen LogP contribution in [-0.2, 0) is 14.3 Å². The Morgan fingerprint density at radius 1 is 0.733 bits per heavy atom. The van der Waals surface area contributed by atoms with Crippen molar-refractivity contribution in [3.8, 4) is 5.75 Å². The van der Waals surface area contributed by atoms with Gasteiger partial charge in [-0.25, -0.2) is 9.59 Å². The van der Waals surface area contributed by atoms with Crippen LogP contribution in [0.3, 0.4) is 0 Å². The van der Waals surface area contributed by atoms with Gasteiger partial charge in [0.1, 0.15) is 5.75 Å². The van der Waals surface area contributed by atoms with Crippen LogP contribution in [0.2, 0.25) is 0 Å². The molecule has 4 nitrogen and oxygen atoms in total. The maximum absolute atomic E-state index is 11.1. The highest BCUT2D eigenvalue weighted by Gasteiger charge is 2.03. The van der Waals surface area contributed by atoms with Crippen LogP contribution in [0, 0.1) is 0 Å². The molecule has 0 amide bonds. The highest BCUT2D eigenvalue weighted by molar-refractivity contribution is 5.88. The minimum absolute atomic E-state index is 0.258. The van der Waals surface area contributed by atoms with Crippen LogP contribution in [0.25, 0.3) is 0 Å². The van der Waals surface area contributed by atoms with Gasteiger partial charge >= 0.3 is 11.9 Å². The van der Waals surface area contributed by atoms with Gasteiger partial charge in [0.05, 0.1) is 6.61 Å². The Morgan fingerprint density at radius 3 is 1.67 bits per heavy atom. The number of carbonyl (C=O) groups excluding carboxylic acids is 2. The average Bonchev–Trinajstić information content (AvgIpc) is 2.73. The van der Waals surface area contributed by atoms with Crippen LogP contribution in [-0.4, -0.2) is 18.5 Å². The number of ether oxygens (including phenoxy) is 2. The molecule has 0 aromatic heterocycles. The molecule has 0 fully saturated rings. The Kier molecular flexibility index (Phi) is 17.2. The molecule has 0 atom stereocenters. The lowest BCUT2D eigenvalue weighted by Crippen LogP contribution is -2.07. The number of hydrogen-bond acceptors (Lipinski definition) is 4. The van der Waals surface area contributed by atoms with E-state index in [4.69, 9.17) is 9.47 Å². The molecule has 0 heterocycles. The maximum Gasteiger partial charge on any atom is 0.338 e. The molecule has 0 saturated carbocycles. The largest absolute Gasteiger partial charge is 0.462 e. The molecule has 0 aliphatic heterocycles. The average molecular weight is 417 g/mol. The van der Waals surface area contributed by atoms with E-state index >= 15 is 0 Å². The van der Waals surface area contributed by atoms with E-state index in [2.05, 4.69) is 20.1 Å². The predicted molar refractivity (Wildman–Crippen MR) is 125 cm³/mol. The molecule has 0 radical (unpaired) electrons. The van der Waals surface area contributed by atoms with Crippen LogP contribution in [0.1, 0.15) is 85.0 Å². The Bertz CT molecular complexity index is 619. The zero-order valence-electron chi connectivity index (χ0n) is 19.2. The van der Waals surface area contributed by atoms with Crippen molar-refractivity contribution in [2.45, 2.75) is 85.0 Å². The van der Waals surface area contributed by atoms with Crippen molar-refractivity contribution in [3.63, 3.8) is 0 Å². The first kappa shape index (κ1) is 27.6. The molecule has 1 rings (SSSR count). The summed E-state index contributed by atoms with van der Waals surface area (Å²) in [4.78, 5) is 22.1. The third kappa shape index (κ3) is 16.6. The molecule has 0 bridgehead atoms. The van der Waals surface area contributed by atoms with Crippen molar-refractivity contribution >= 4 is 11.9 Å². The quantitative estimate of drug-likeness (QED) is 0.139. The summed E-state index contributed by atoms with van der Waals surface area (Å²) >= 11 is 0. The first-order valence-corrected chi connectivity index (χ1v) is 11.1. The lowest BCUT2D eigenvalue weighted by Gasteiger charge is -2.04. The lowest BCUT2D eigenvalue weighted by atomic mass is 10.1. The maximum atomic E-state index is 11.1. The third-order valence-electron chi connectivity index (χ3n) is 4.38. The molecule has 0 aliphatic rings. The molecule has 0 aliphatic carbocycles. The topological polar surface area (TPSA) is 52.6 Å². The summed E-state index contributed by atoms with van der Waals surface area (Å²) in [6, 6.07) is 8.92. The minimum Gasteiger partial charge on any atom is -0.462 e. The predicted octanol–water partition coefficient (Wildman–Crippen LogP) is 7.19. The SMILES string of the molecule is C=C(C)C(=O)OCCCCCCCCCCCC.C=C(C)C(=O)Oc1ccccc1. The fraction of sp³-hybridized carbons (Fsp3) is 0.538. The van der Waals surface area contributed by atoms with Gasteiger partial charge in [0.15, 0.2) is 0 Å². The molecule has 1 aromatic carbocycles. The highest BCUT2D eigenvalue weighted by Crippen LogP contribution is 2.11. The number of unbranched alkanes of at least 4 members (excludes halogenated alkanes) is 9. The zero-order valence-corrected chi connectivity index (χ0v) is 19.2. The number of carbonyl (C=O) groups is 2. The van der Waals surface area contributed by atoms with Crippen LogP contribution in [0.4, 0.5) is 0 Å². The summed E-state index contributed by atoms with van der Waals surface area (Å²) in [5.74, 6) is -0.0994. The van der Waals surface area contributed by atoms with Crippen molar-refractivity contribution in [2.24, 2.45) is 0 Å². The Hall–Kier alpha value is -2.36. The summed E-state index contributed by atoms with van der Waals surface area (Å²) in [6.45, 7) is 13.1. The van der Waals surface area contributed by atoms with Crippen molar-refractivity contribution in [1.82, 2.24) is 0 Å². The second-order valence-corrected chi connectivity index (χ2v) is 7.58. The fourth-order valence-electron chi connectivity index (χ4n) is 2.56. The lowest BCUT2D eigenvalue weighted by molar-refractivity contribution is -0.139. The van der Waals surface area contributed by atoms with E-state index in [0.29, 0.717) is 23.5 Å². The van der Waals surface area contributed by atoms with Gasteiger partial charge in [0.2, 0.25) is 0 Å². The number of para-hydroxylation sites is 1. The molecule has 4 heteroatoms. The van der Waals surface area contributed by atoms with Gasteiger partial charge in [0.25, 0.3) is 0 Å². The second kappa shape index (κ2) is 18.7. The summed E-state index contributed by atoms with van der Waals surface area (Å²) in [5, 5.41) is 0. The second-order valence-electron chi connectivity index (χ2n) is 7.58. The van der Waals surface area contributed by atoms with Crippen molar-refractivity contribution < 1.29 is 19.1 Å².